The van der Waals surface area contributed by atoms with Gasteiger partial charge in [-0.25, -0.2) is 0 Å². The quantitative estimate of drug-likeness (QED) is 0.568. The second-order valence-electron chi connectivity index (χ2n) is 7.58. The van der Waals surface area contributed by atoms with Gasteiger partial charge in [0.05, 0.1) is 13.2 Å². The molecule has 5 nitrogen and oxygen atoms in total. The summed E-state index contributed by atoms with van der Waals surface area (Å²) >= 11 is 0. The lowest BCUT2D eigenvalue weighted by atomic mass is 10.1. The van der Waals surface area contributed by atoms with E-state index in [9.17, 15) is 4.79 Å². The lowest BCUT2D eigenvalue weighted by Gasteiger charge is -2.32. The maximum absolute atomic E-state index is 12.6. The summed E-state index contributed by atoms with van der Waals surface area (Å²) in [6, 6.07) is 28.4. The van der Waals surface area contributed by atoms with Crippen LogP contribution < -0.4 is 10.1 Å². The first-order chi connectivity index (χ1) is 15.3. The number of rotatable bonds is 8. The van der Waals surface area contributed by atoms with Crippen LogP contribution in [0, 0.1) is 0 Å². The molecule has 1 aliphatic rings. The summed E-state index contributed by atoms with van der Waals surface area (Å²) < 4.78 is 11.7. The van der Waals surface area contributed by atoms with Crippen molar-refractivity contribution < 1.29 is 14.3 Å². The predicted molar refractivity (Wildman–Crippen MR) is 122 cm³/mol. The summed E-state index contributed by atoms with van der Waals surface area (Å²) in [6.07, 6.45) is -0.450. The Morgan fingerprint density at radius 2 is 1.68 bits per heavy atom. The van der Waals surface area contributed by atoms with E-state index >= 15 is 0 Å². The second kappa shape index (κ2) is 10.8. The summed E-state index contributed by atoms with van der Waals surface area (Å²) in [7, 11) is 0. The number of carbonyl (C=O) groups excluding carboxylic acids is 1. The zero-order valence-corrected chi connectivity index (χ0v) is 17.6. The minimum atomic E-state index is -0.450. The fourth-order valence-corrected chi connectivity index (χ4v) is 3.74. The van der Waals surface area contributed by atoms with Crippen LogP contribution in [0.3, 0.4) is 0 Å². The third kappa shape index (κ3) is 5.94. The molecule has 1 aliphatic heterocycles. The molecule has 4 rings (SSSR count). The van der Waals surface area contributed by atoms with Gasteiger partial charge >= 0.3 is 0 Å². The van der Waals surface area contributed by atoms with Crippen LogP contribution in [0.2, 0.25) is 0 Å². The number of carbonyl (C=O) groups is 1. The number of benzene rings is 3. The molecule has 1 saturated heterocycles. The van der Waals surface area contributed by atoms with Gasteiger partial charge in [0.2, 0.25) is 0 Å². The number of amides is 1. The maximum atomic E-state index is 12.6. The number of hydrogen-bond acceptors (Lipinski definition) is 4. The maximum Gasteiger partial charge on any atom is 0.250 e. The Morgan fingerprint density at radius 3 is 2.48 bits per heavy atom. The molecule has 0 spiro atoms. The summed E-state index contributed by atoms with van der Waals surface area (Å²) in [5.74, 6) is 0.726. The highest BCUT2D eigenvalue weighted by Gasteiger charge is 2.26. The van der Waals surface area contributed by atoms with Crippen molar-refractivity contribution in [3.05, 3.63) is 90.5 Å². The molecule has 31 heavy (non-hydrogen) atoms. The Morgan fingerprint density at radius 1 is 0.968 bits per heavy atom. The molecule has 160 valence electrons. The first-order valence-corrected chi connectivity index (χ1v) is 10.7. The molecule has 1 fully saturated rings. The SMILES string of the molecule is O=C(NCCOc1ccccc1-c1ccccc1)C1CN(Cc2ccccc2)CCO1. The lowest BCUT2D eigenvalue weighted by molar-refractivity contribution is -0.138. The molecule has 0 radical (unpaired) electrons. The van der Waals surface area contributed by atoms with Crippen LogP contribution in [0.5, 0.6) is 5.75 Å². The smallest absolute Gasteiger partial charge is 0.250 e. The summed E-state index contributed by atoms with van der Waals surface area (Å²) in [5, 5.41) is 2.95. The molecule has 0 aliphatic carbocycles. The van der Waals surface area contributed by atoms with Crippen LogP contribution in [-0.2, 0) is 16.1 Å². The van der Waals surface area contributed by atoms with Crippen molar-refractivity contribution in [2.24, 2.45) is 0 Å². The molecule has 1 heterocycles. The first kappa shape index (κ1) is 21.1. The molecule has 5 heteroatoms. The van der Waals surface area contributed by atoms with Crippen molar-refractivity contribution in [1.29, 1.82) is 0 Å². The van der Waals surface area contributed by atoms with Gasteiger partial charge in [-0.3, -0.25) is 9.69 Å². The number of morpholine rings is 1. The summed E-state index contributed by atoms with van der Waals surface area (Å²) in [6.45, 7) is 3.65. The monoisotopic (exact) mass is 416 g/mol. The lowest BCUT2D eigenvalue weighted by Crippen LogP contribution is -2.50. The highest BCUT2D eigenvalue weighted by Crippen LogP contribution is 2.29. The first-order valence-electron chi connectivity index (χ1n) is 10.7. The largest absolute Gasteiger partial charge is 0.491 e. The number of ether oxygens (including phenoxy) is 2. The summed E-state index contributed by atoms with van der Waals surface area (Å²) in [5.41, 5.74) is 3.40. The molecule has 1 amide bonds. The van der Waals surface area contributed by atoms with Crippen LogP contribution in [0.4, 0.5) is 0 Å². The van der Waals surface area contributed by atoms with Gasteiger partial charge in [0.15, 0.2) is 0 Å². The fraction of sp³-hybridized carbons (Fsp3) is 0.269. The Kier molecular flexibility index (Phi) is 7.32. The van der Waals surface area contributed by atoms with Crippen molar-refractivity contribution >= 4 is 5.91 Å². The van der Waals surface area contributed by atoms with E-state index in [1.807, 2.05) is 60.7 Å². The van der Waals surface area contributed by atoms with Gasteiger partial charge in [-0.15, -0.1) is 0 Å². The van der Waals surface area contributed by atoms with Crippen LogP contribution in [0.25, 0.3) is 11.1 Å². The Bertz CT molecular complexity index is 963. The average molecular weight is 417 g/mol. The van der Waals surface area contributed by atoms with Crippen molar-refractivity contribution in [2.75, 3.05) is 32.8 Å². The molecular formula is C26H28N2O3. The van der Waals surface area contributed by atoms with Gasteiger partial charge in [0, 0.05) is 25.2 Å². The molecule has 1 unspecified atom stereocenters. The van der Waals surface area contributed by atoms with Crippen molar-refractivity contribution in [3.8, 4) is 16.9 Å². The van der Waals surface area contributed by atoms with Crippen LogP contribution in [0.15, 0.2) is 84.9 Å². The highest BCUT2D eigenvalue weighted by atomic mass is 16.5. The van der Waals surface area contributed by atoms with Gasteiger partial charge in [-0.2, -0.15) is 0 Å². The van der Waals surface area contributed by atoms with E-state index < -0.39 is 6.10 Å². The zero-order valence-electron chi connectivity index (χ0n) is 17.6. The third-order valence-corrected chi connectivity index (χ3v) is 5.32. The molecule has 0 aromatic heterocycles. The molecule has 0 saturated carbocycles. The van der Waals surface area contributed by atoms with Crippen LogP contribution in [0.1, 0.15) is 5.56 Å². The molecular weight excluding hydrogens is 388 g/mol. The number of nitrogens with zero attached hydrogens (tertiary/aromatic N) is 1. The van der Waals surface area contributed by atoms with Gasteiger partial charge in [0.1, 0.15) is 18.5 Å². The molecule has 0 bridgehead atoms. The van der Waals surface area contributed by atoms with E-state index in [0.717, 1.165) is 30.0 Å². The standard InChI is InChI=1S/C26H28N2O3/c29-26(25-20-28(16-18-31-25)19-21-9-3-1-4-10-21)27-15-17-30-24-14-8-7-13-23(24)22-11-5-2-6-12-22/h1-14,25H,15-20H2,(H,27,29). The van der Waals surface area contributed by atoms with E-state index in [1.54, 1.807) is 0 Å². The van der Waals surface area contributed by atoms with E-state index in [-0.39, 0.29) is 5.91 Å². The molecule has 1 N–H and O–H groups in total. The molecule has 3 aromatic rings. The van der Waals surface area contributed by atoms with E-state index in [2.05, 4.69) is 34.5 Å². The van der Waals surface area contributed by atoms with E-state index in [4.69, 9.17) is 9.47 Å². The van der Waals surface area contributed by atoms with E-state index in [0.29, 0.717) is 26.3 Å². The number of para-hydroxylation sites is 1. The van der Waals surface area contributed by atoms with Gasteiger partial charge < -0.3 is 14.8 Å². The average Bonchev–Trinajstić information content (AvgIpc) is 2.83. The van der Waals surface area contributed by atoms with Gasteiger partial charge in [-0.1, -0.05) is 78.9 Å². The minimum absolute atomic E-state index is 0.0855. The minimum Gasteiger partial charge on any atom is -0.491 e. The third-order valence-electron chi connectivity index (χ3n) is 5.32. The molecule has 3 aromatic carbocycles. The summed E-state index contributed by atoms with van der Waals surface area (Å²) in [4.78, 5) is 14.8. The van der Waals surface area contributed by atoms with Gasteiger partial charge in [-0.05, 0) is 17.2 Å². The Balaban J connectivity index is 1.24. The van der Waals surface area contributed by atoms with E-state index in [1.165, 1.54) is 5.56 Å². The van der Waals surface area contributed by atoms with Crippen molar-refractivity contribution in [3.63, 3.8) is 0 Å². The van der Waals surface area contributed by atoms with Crippen molar-refractivity contribution in [2.45, 2.75) is 12.6 Å². The highest BCUT2D eigenvalue weighted by molar-refractivity contribution is 5.81. The van der Waals surface area contributed by atoms with Gasteiger partial charge in [0.25, 0.3) is 5.91 Å². The fourth-order valence-electron chi connectivity index (χ4n) is 3.74. The second-order valence-corrected chi connectivity index (χ2v) is 7.58. The molecule has 1 atom stereocenters. The Labute approximate surface area is 183 Å². The number of hydrogen-bond donors (Lipinski definition) is 1. The number of nitrogens with one attached hydrogen (secondary N) is 1. The van der Waals surface area contributed by atoms with Crippen LogP contribution >= 0.6 is 0 Å². The predicted octanol–water partition coefficient (Wildman–Crippen LogP) is 3.75. The topological polar surface area (TPSA) is 50.8 Å². The normalized spacial score (nSPS) is 16.6. The van der Waals surface area contributed by atoms with Crippen molar-refractivity contribution in [1.82, 2.24) is 10.2 Å². The Hall–Kier alpha value is -3.15. The van der Waals surface area contributed by atoms with Crippen LogP contribution in [-0.4, -0.2) is 49.8 Å². The zero-order chi connectivity index (χ0) is 21.3.